The molecule has 0 unspecified atom stereocenters. The fourth-order valence-corrected chi connectivity index (χ4v) is 2.79. The highest BCUT2D eigenvalue weighted by Gasteiger charge is 2.40. The van der Waals surface area contributed by atoms with Gasteiger partial charge in [-0.1, -0.05) is 32.9 Å². The quantitative estimate of drug-likeness (QED) is 0.913. The van der Waals surface area contributed by atoms with Gasteiger partial charge in [0.2, 0.25) is 0 Å². The molecular formula is C16H20F2N2O2. The molecule has 0 aliphatic carbocycles. The number of aliphatic hydroxyl groups is 1. The van der Waals surface area contributed by atoms with E-state index in [2.05, 4.69) is 0 Å². The van der Waals surface area contributed by atoms with Crippen molar-refractivity contribution in [2.75, 3.05) is 7.05 Å². The van der Waals surface area contributed by atoms with Crippen LogP contribution in [0.3, 0.4) is 0 Å². The molecular weight excluding hydrogens is 290 g/mol. The smallest absolute Gasteiger partial charge is 0.264 e. The highest BCUT2D eigenvalue weighted by Crippen LogP contribution is 2.32. The second kappa shape index (κ2) is 5.68. The molecule has 0 radical (unpaired) electrons. The first-order valence-corrected chi connectivity index (χ1v) is 7.00. The predicted octanol–water partition coefficient (Wildman–Crippen LogP) is 3.01. The second-order valence-electron chi connectivity index (χ2n) is 6.52. The SMILES string of the molecule is CN1[C@@H](C(C)(C)C)C(O)=CC(=O)N1Cc1cccc(F)c1F. The van der Waals surface area contributed by atoms with E-state index in [-0.39, 0.29) is 23.3 Å². The minimum absolute atomic E-state index is 0.0315. The molecule has 120 valence electrons. The molecule has 1 atom stereocenters. The molecule has 1 N–H and O–H groups in total. The van der Waals surface area contributed by atoms with E-state index >= 15 is 0 Å². The third-order valence-electron chi connectivity index (χ3n) is 3.73. The lowest BCUT2D eigenvalue weighted by Crippen LogP contribution is -2.56. The maximum atomic E-state index is 13.8. The van der Waals surface area contributed by atoms with Gasteiger partial charge in [-0.15, -0.1) is 0 Å². The van der Waals surface area contributed by atoms with Crippen molar-refractivity contribution in [2.45, 2.75) is 33.4 Å². The minimum atomic E-state index is -0.963. The van der Waals surface area contributed by atoms with Crippen LogP contribution in [0.25, 0.3) is 0 Å². The fourth-order valence-electron chi connectivity index (χ4n) is 2.79. The Morgan fingerprint density at radius 2 is 1.91 bits per heavy atom. The van der Waals surface area contributed by atoms with Crippen molar-refractivity contribution in [1.82, 2.24) is 10.0 Å². The lowest BCUT2D eigenvalue weighted by atomic mass is 9.84. The van der Waals surface area contributed by atoms with Crippen LogP contribution in [-0.2, 0) is 11.3 Å². The molecule has 0 spiro atoms. The molecule has 1 heterocycles. The number of hydrazine groups is 1. The van der Waals surface area contributed by atoms with Gasteiger partial charge in [0, 0.05) is 18.7 Å². The van der Waals surface area contributed by atoms with E-state index in [0.29, 0.717) is 0 Å². The Kier molecular flexibility index (Phi) is 4.24. The third kappa shape index (κ3) is 2.97. The summed E-state index contributed by atoms with van der Waals surface area (Å²) in [6.07, 6.45) is 1.13. The average molecular weight is 310 g/mol. The average Bonchev–Trinajstić information content (AvgIpc) is 2.37. The molecule has 1 aliphatic rings. The van der Waals surface area contributed by atoms with Crippen LogP contribution < -0.4 is 0 Å². The van der Waals surface area contributed by atoms with Gasteiger partial charge in [0.25, 0.3) is 5.91 Å². The Bertz CT molecular complexity index is 623. The minimum Gasteiger partial charge on any atom is -0.510 e. The van der Waals surface area contributed by atoms with E-state index in [9.17, 15) is 18.7 Å². The summed E-state index contributed by atoms with van der Waals surface area (Å²) in [7, 11) is 1.65. The fraction of sp³-hybridized carbons (Fsp3) is 0.438. The normalized spacial score (nSPS) is 20.3. The molecule has 22 heavy (non-hydrogen) atoms. The van der Waals surface area contributed by atoms with E-state index in [1.165, 1.54) is 17.1 Å². The summed E-state index contributed by atoms with van der Waals surface area (Å²) < 4.78 is 27.1. The number of nitrogens with zero attached hydrogens (tertiary/aromatic N) is 2. The zero-order valence-corrected chi connectivity index (χ0v) is 13.1. The van der Waals surface area contributed by atoms with Gasteiger partial charge in [-0.25, -0.2) is 13.8 Å². The molecule has 0 bridgehead atoms. The highest BCUT2D eigenvalue weighted by molar-refractivity contribution is 5.88. The lowest BCUT2D eigenvalue weighted by Gasteiger charge is -2.45. The number of carbonyl (C=O) groups is 1. The Hall–Kier alpha value is -1.95. The van der Waals surface area contributed by atoms with Gasteiger partial charge >= 0.3 is 0 Å². The summed E-state index contributed by atoms with van der Waals surface area (Å²) in [5.74, 6) is -2.41. The van der Waals surface area contributed by atoms with Crippen LogP contribution in [0.1, 0.15) is 26.3 Å². The van der Waals surface area contributed by atoms with Crippen LogP contribution in [-0.4, -0.2) is 34.1 Å². The Labute approximate surface area is 128 Å². The topological polar surface area (TPSA) is 43.8 Å². The number of carbonyl (C=O) groups excluding carboxylic acids is 1. The van der Waals surface area contributed by atoms with Gasteiger partial charge in [-0.2, -0.15) is 0 Å². The molecule has 6 heteroatoms. The summed E-state index contributed by atoms with van der Waals surface area (Å²) >= 11 is 0. The molecule has 0 aromatic heterocycles. The predicted molar refractivity (Wildman–Crippen MR) is 78.6 cm³/mol. The lowest BCUT2D eigenvalue weighted by molar-refractivity contribution is -0.155. The summed E-state index contributed by atoms with van der Waals surface area (Å²) in [6, 6.07) is 3.44. The van der Waals surface area contributed by atoms with Crippen molar-refractivity contribution < 1.29 is 18.7 Å². The molecule has 1 aromatic rings. The van der Waals surface area contributed by atoms with Crippen LogP contribution in [0.15, 0.2) is 30.0 Å². The number of rotatable bonds is 2. The van der Waals surface area contributed by atoms with Crippen LogP contribution >= 0.6 is 0 Å². The van der Waals surface area contributed by atoms with Crippen molar-refractivity contribution in [1.29, 1.82) is 0 Å². The van der Waals surface area contributed by atoms with Gasteiger partial charge in [0.1, 0.15) is 5.76 Å². The number of hydrogen-bond acceptors (Lipinski definition) is 3. The first-order valence-electron chi connectivity index (χ1n) is 7.00. The number of aliphatic hydroxyl groups excluding tert-OH is 1. The molecule has 1 amide bonds. The van der Waals surface area contributed by atoms with Gasteiger partial charge in [0.05, 0.1) is 12.6 Å². The number of likely N-dealkylation sites (N-methyl/N-ethyl adjacent to an activating group) is 1. The van der Waals surface area contributed by atoms with Gasteiger partial charge in [-0.3, -0.25) is 9.80 Å². The Morgan fingerprint density at radius 1 is 1.27 bits per heavy atom. The van der Waals surface area contributed by atoms with E-state index in [1.807, 2.05) is 20.8 Å². The van der Waals surface area contributed by atoms with E-state index < -0.39 is 23.6 Å². The largest absolute Gasteiger partial charge is 0.510 e. The standard InChI is InChI=1S/C16H20F2N2O2/c1-16(2,3)15-12(21)8-13(22)20(19(15)4)9-10-6-5-7-11(17)14(10)18/h5-8,15,21H,9H2,1-4H3/t15-/m1/s1. The summed E-state index contributed by atoms with van der Waals surface area (Å²) in [5, 5.41) is 12.9. The summed E-state index contributed by atoms with van der Waals surface area (Å²) in [4.78, 5) is 12.1. The number of benzene rings is 1. The first kappa shape index (κ1) is 16.4. The van der Waals surface area contributed by atoms with Gasteiger partial charge in [-0.05, 0) is 11.5 Å². The second-order valence-corrected chi connectivity index (χ2v) is 6.52. The van der Waals surface area contributed by atoms with Crippen molar-refractivity contribution >= 4 is 5.91 Å². The number of halogens is 2. The monoisotopic (exact) mass is 310 g/mol. The summed E-state index contributed by atoms with van der Waals surface area (Å²) in [6.45, 7) is 5.67. The maximum absolute atomic E-state index is 13.8. The van der Waals surface area contributed by atoms with Crippen molar-refractivity contribution in [3.8, 4) is 0 Å². The first-order chi connectivity index (χ1) is 10.1. The molecule has 0 saturated carbocycles. The van der Waals surface area contributed by atoms with Gasteiger partial charge < -0.3 is 5.11 Å². The molecule has 4 nitrogen and oxygen atoms in total. The Morgan fingerprint density at radius 3 is 2.50 bits per heavy atom. The van der Waals surface area contributed by atoms with Crippen molar-refractivity contribution in [2.24, 2.45) is 5.41 Å². The van der Waals surface area contributed by atoms with Crippen LogP contribution in [0.4, 0.5) is 8.78 Å². The van der Waals surface area contributed by atoms with Crippen molar-refractivity contribution in [3.63, 3.8) is 0 Å². The van der Waals surface area contributed by atoms with E-state index in [4.69, 9.17) is 0 Å². The Balaban J connectivity index is 2.35. The number of hydrogen-bond donors (Lipinski definition) is 1. The van der Waals surface area contributed by atoms with Gasteiger partial charge in [0.15, 0.2) is 11.6 Å². The molecule has 0 saturated heterocycles. The van der Waals surface area contributed by atoms with E-state index in [1.54, 1.807) is 12.1 Å². The maximum Gasteiger partial charge on any atom is 0.264 e. The van der Waals surface area contributed by atoms with Crippen LogP contribution in [0.2, 0.25) is 0 Å². The third-order valence-corrected chi connectivity index (χ3v) is 3.73. The molecule has 0 fully saturated rings. The van der Waals surface area contributed by atoms with Crippen molar-refractivity contribution in [3.05, 3.63) is 47.2 Å². The number of amides is 1. The van der Waals surface area contributed by atoms with Crippen LogP contribution in [0.5, 0.6) is 0 Å². The molecule has 1 aliphatic heterocycles. The van der Waals surface area contributed by atoms with Crippen LogP contribution in [0, 0.1) is 17.0 Å². The highest BCUT2D eigenvalue weighted by atomic mass is 19.2. The van der Waals surface area contributed by atoms with E-state index in [0.717, 1.165) is 12.1 Å². The molecule has 1 aromatic carbocycles. The molecule has 2 rings (SSSR count). The summed E-state index contributed by atoms with van der Waals surface area (Å²) in [5.41, 5.74) is -0.253. The zero-order chi connectivity index (χ0) is 16.7. The zero-order valence-electron chi connectivity index (χ0n) is 13.1.